The molecule has 2 fully saturated rings. The molecule has 2 aliphatic carbocycles. The van der Waals surface area contributed by atoms with E-state index in [1.165, 1.54) is 37.7 Å². The summed E-state index contributed by atoms with van der Waals surface area (Å²) in [4.78, 5) is 32.7. The number of hydrogen-bond acceptors (Lipinski definition) is 6. The fourth-order valence-corrected chi connectivity index (χ4v) is 4.71. The van der Waals surface area contributed by atoms with E-state index in [-0.39, 0.29) is 5.69 Å². The van der Waals surface area contributed by atoms with Crippen LogP contribution in [0, 0.1) is 5.92 Å². The molecule has 1 heterocycles. The van der Waals surface area contributed by atoms with Crippen LogP contribution in [0.2, 0.25) is 0 Å². The van der Waals surface area contributed by atoms with Crippen LogP contribution in [0.1, 0.15) is 67.1 Å². The number of hydrogen-bond donors (Lipinski definition) is 5. The van der Waals surface area contributed by atoms with Gasteiger partial charge in [0.25, 0.3) is 0 Å². The Morgan fingerprint density at radius 3 is 1.84 bits per heavy atom. The fraction of sp³-hybridized carbons (Fsp3) is 0.467. The lowest BCUT2D eigenvalue weighted by molar-refractivity contribution is -0.193. The Hall–Kier alpha value is -3.98. The molecule has 0 saturated heterocycles. The van der Waals surface area contributed by atoms with Crippen LogP contribution in [0.25, 0.3) is 6.08 Å². The summed E-state index contributed by atoms with van der Waals surface area (Å²) in [6, 6.07) is 15.9. The fourth-order valence-electron chi connectivity index (χ4n) is 4.71. The number of aromatic carboxylic acids is 1. The molecule has 2 aromatic rings. The third kappa shape index (κ3) is 13.7. The summed E-state index contributed by atoms with van der Waals surface area (Å²) in [5.74, 6) is -5.80. The quantitative estimate of drug-likeness (QED) is 0.209. The minimum atomic E-state index is -5.08. The number of pyridine rings is 1. The first-order valence-corrected chi connectivity index (χ1v) is 14.0. The van der Waals surface area contributed by atoms with Crippen molar-refractivity contribution in [2.24, 2.45) is 5.92 Å². The van der Waals surface area contributed by atoms with Gasteiger partial charge in [-0.05, 0) is 61.6 Å². The lowest BCUT2D eigenvalue weighted by Gasteiger charge is -2.30. The minimum absolute atomic E-state index is 0.0959. The van der Waals surface area contributed by atoms with Crippen LogP contribution in [0.5, 0.6) is 0 Å². The molecule has 2 atom stereocenters. The first-order chi connectivity index (χ1) is 21.0. The van der Waals surface area contributed by atoms with Crippen LogP contribution < -0.4 is 10.6 Å². The number of aliphatic carboxylic acids is 2. The third-order valence-corrected chi connectivity index (χ3v) is 7.13. The van der Waals surface area contributed by atoms with E-state index in [0.29, 0.717) is 24.0 Å². The van der Waals surface area contributed by atoms with Gasteiger partial charge in [0.15, 0.2) is 0 Å². The van der Waals surface area contributed by atoms with Gasteiger partial charge in [-0.3, -0.25) is 0 Å². The molecular weight excluding hydrogens is 612 g/mol. The molecule has 1 aromatic carbocycles. The van der Waals surface area contributed by atoms with Crippen molar-refractivity contribution in [2.45, 2.75) is 82.5 Å². The van der Waals surface area contributed by atoms with Crippen LogP contribution in [-0.2, 0) is 16.1 Å². The van der Waals surface area contributed by atoms with Crippen molar-refractivity contribution < 1.29 is 56.0 Å². The molecule has 0 aliphatic heterocycles. The van der Waals surface area contributed by atoms with E-state index in [9.17, 15) is 31.1 Å². The highest BCUT2D eigenvalue weighted by atomic mass is 19.4. The Kier molecular flexibility index (Phi) is 14.0. The lowest BCUT2D eigenvalue weighted by Crippen LogP contribution is -2.40. The number of nitrogens with zero attached hydrogens (tertiary/aromatic N) is 1. The molecular formula is C30H35F6N3O6. The van der Waals surface area contributed by atoms with E-state index < -0.39 is 30.3 Å². The maximum Gasteiger partial charge on any atom is 0.490 e. The first kappa shape index (κ1) is 37.2. The Bertz CT molecular complexity index is 1250. The number of nitrogens with one attached hydrogen (secondary N) is 2. The van der Waals surface area contributed by atoms with E-state index in [0.717, 1.165) is 18.5 Å². The zero-order chi connectivity index (χ0) is 33.8. The van der Waals surface area contributed by atoms with Gasteiger partial charge < -0.3 is 26.0 Å². The predicted molar refractivity (Wildman–Crippen MR) is 151 cm³/mol. The van der Waals surface area contributed by atoms with Gasteiger partial charge in [0.2, 0.25) is 0 Å². The second kappa shape index (κ2) is 16.9. The lowest BCUT2D eigenvalue weighted by atomic mass is 9.91. The maximum atomic E-state index is 10.9. The average molecular weight is 648 g/mol. The molecule has 0 radical (unpaired) electrons. The van der Waals surface area contributed by atoms with Crippen molar-refractivity contribution in [3.8, 4) is 0 Å². The number of aromatic nitrogens is 1. The zero-order valence-corrected chi connectivity index (χ0v) is 24.2. The molecule has 1 aromatic heterocycles. The number of halogens is 6. The Balaban J connectivity index is 0.000000421. The normalized spacial score (nSPS) is 21.4. The molecule has 248 valence electrons. The number of benzene rings is 1. The molecule has 0 bridgehead atoms. The van der Waals surface area contributed by atoms with Crippen LogP contribution >= 0.6 is 0 Å². The van der Waals surface area contributed by atoms with Gasteiger partial charge in [-0.25, -0.2) is 19.4 Å². The summed E-state index contributed by atoms with van der Waals surface area (Å²) in [5.41, 5.74) is 4.01. The van der Waals surface area contributed by atoms with E-state index in [1.54, 1.807) is 17.8 Å². The summed E-state index contributed by atoms with van der Waals surface area (Å²) in [5, 5.41) is 30.7. The van der Waals surface area contributed by atoms with Gasteiger partial charge >= 0.3 is 30.3 Å². The third-order valence-electron chi connectivity index (χ3n) is 7.13. The van der Waals surface area contributed by atoms with Crippen LogP contribution in [0.4, 0.5) is 26.3 Å². The van der Waals surface area contributed by atoms with Crippen molar-refractivity contribution in [1.82, 2.24) is 15.6 Å². The number of carboxylic acids is 3. The monoisotopic (exact) mass is 647 g/mol. The summed E-state index contributed by atoms with van der Waals surface area (Å²) in [6.45, 7) is 3.01. The number of rotatable bonds is 9. The second-order valence-electron chi connectivity index (χ2n) is 10.5. The van der Waals surface area contributed by atoms with Gasteiger partial charge in [-0.15, -0.1) is 0 Å². The van der Waals surface area contributed by atoms with Crippen molar-refractivity contribution in [2.75, 3.05) is 0 Å². The van der Waals surface area contributed by atoms with E-state index in [4.69, 9.17) is 24.9 Å². The largest absolute Gasteiger partial charge is 0.490 e. The summed E-state index contributed by atoms with van der Waals surface area (Å²) in [7, 11) is 0. The molecule has 2 aliphatic rings. The second-order valence-corrected chi connectivity index (χ2v) is 10.5. The topological polar surface area (TPSA) is 149 Å². The predicted octanol–water partition coefficient (Wildman–Crippen LogP) is 5.92. The van der Waals surface area contributed by atoms with Crippen LogP contribution in [0.3, 0.4) is 0 Å². The molecule has 2 saturated carbocycles. The number of carbonyl (C=O) groups is 3. The molecule has 5 N–H and O–H groups in total. The molecule has 0 spiro atoms. The van der Waals surface area contributed by atoms with Gasteiger partial charge in [-0.2, -0.15) is 26.3 Å². The minimum Gasteiger partial charge on any atom is -0.477 e. The number of alkyl halides is 6. The van der Waals surface area contributed by atoms with E-state index in [1.807, 2.05) is 6.07 Å². The highest BCUT2D eigenvalue weighted by molar-refractivity contribution is 5.85. The average Bonchev–Trinajstić information content (AvgIpc) is 3.74. The van der Waals surface area contributed by atoms with Crippen molar-refractivity contribution in [3.05, 3.63) is 71.1 Å². The van der Waals surface area contributed by atoms with Crippen molar-refractivity contribution in [3.63, 3.8) is 0 Å². The highest BCUT2D eigenvalue weighted by Gasteiger charge is 2.41. The summed E-state index contributed by atoms with van der Waals surface area (Å²) >= 11 is 0. The van der Waals surface area contributed by atoms with Crippen molar-refractivity contribution in [1.29, 1.82) is 0 Å². The van der Waals surface area contributed by atoms with Gasteiger partial charge in [0, 0.05) is 30.9 Å². The molecule has 4 rings (SSSR count). The Labute approximate surface area is 255 Å². The molecule has 0 amide bonds. The number of carboxylic acid groups (broad SMARTS) is 3. The summed E-state index contributed by atoms with van der Waals surface area (Å²) in [6.07, 6.45) is 1.03. The van der Waals surface area contributed by atoms with Crippen molar-refractivity contribution >= 4 is 24.0 Å². The molecule has 45 heavy (non-hydrogen) atoms. The SMILES string of the molecule is CC/C(=C\c1ccccc1)[C@@H]1C[C@H]1NC1CCC(NCc2ccc(C(=O)O)nc2)CC1.O=C(O)C(F)(F)F.O=C(O)C(F)(F)F. The molecule has 9 nitrogen and oxygen atoms in total. The van der Waals surface area contributed by atoms with E-state index >= 15 is 0 Å². The zero-order valence-electron chi connectivity index (χ0n) is 24.2. The highest BCUT2D eigenvalue weighted by Crippen LogP contribution is 2.40. The maximum absolute atomic E-state index is 10.9. The smallest absolute Gasteiger partial charge is 0.477 e. The van der Waals surface area contributed by atoms with Crippen LogP contribution in [0.15, 0.2) is 54.2 Å². The Morgan fingerprint density at radius 2 is 1.40 bits per heavy atom. The molecule has 15 heteroatoms. The molecule has 0 unspecified atom stereocenters. The Morgan fingerprint density at radius 1 is 0.867 bits per heavy atom. The first-order valence-electron chi connectivity index (χ1n) is 14.0. The van der Waals surface area contributed by atoms with E-state index in [2.05, 4.69) is 58.9 Å². The summed E-state index contributed by atoms with van der Waals surface area (Å²) < 4.78 is 63.5. The van der Waals surface area contributed by atoms with Gasteiger partial charge in [-0.1, -0.05) is 55.0 Å². The van der Waals surface area contributed by atoms with Gasteiger partial charge in [0.05, 0.1) is 0 Å². The van der Waals surface area contributed by atoms with Gasteiger partial charge in [0.1, 0.15) is 5.69 Å². The standard InChI is InChI=1S/C26H33N3O2.2C2HF3O2/c1-2-20(14-18-6-4-3-5-7-18)23-15-25(23)29-22-11-9-21(10-12-22)27-16-19-8-13-24(26(30)31)28-17-19;2*3-2(4,5)1(6)7/h3-8,13-14,17,21-23,25,27,29H,2,9-12,15-16H2,1H3,(H,30,31);2*(H,6,7)/b20-14+;;/t21?,22?,23-,25+;;/m0../s1. The van der Waals surface area contributed by atoms with Crippen LogP contribution in [-0.4, -0.2) is 68.7 Å².